The largest absolute Gasteiger partial charge is 0.497 e. The van der Waals surface area contributed by atoms with E-state index in [0.29, 0.717) is 22.8 Å². The van der Waals surface area contributed by atoms with Crippen LogP contribution in [-0.4, -0.2) is 24.7 Å². The van der Waals surface area contributed by atoms with Crippen molar-refractivity contribution in [2.24, 2.45) is 4.99 Å². The third kappa shape index (κ3) is 4.11. The zero-order valence-corrected chi connectivity index (χ0v) is 16.5. The molecule has 6 heteroatoms. The second-order valence-corrected chi connectivity index (χ2v) is 7.12. The number of benzene rings is 2. The van der Waals surface area contributed by atoms with E-state index in [0.717, 1.165) is 15.8 Å². The number of rotatable bonds is 6. The minimum Gasteiger partial charge on any atom is -0.497 e. The summed E-state index contributed by atoms with van der Waals surface area (Å²) in [7, 11) is 3.17. The molecule has 3 aromatic rings. The lowest BCUT2D eigenvalue weighted by Gasteiger charge is -2.08. The highest BCUT2D eigenvalue weighted by Gasteiger charge is 2.11. The molecule has 140 valence electrons. The highest BCUT2D eigenvalue weighted by atomic mass is 32.1. The minimum absolute atomic E-state index is 0.161. The normalized spacial score (nSPS) is 11.6. The van der Waals surface area contributed by atoms with Crippen LogP contribution in [0.5, 0.6) is 11.5 Å². The molecule has 1 aromatic heterocycles. The van der Waals surface area contributed by atoms with Crippen molar-refractivity contribution in [1.82, 2.24) is 4.57 Å². The molecule has 2 aromatic carbocycles. The molecule has 0 atom stereocenters. The molecular formula is C21H22N2O3S. The molecule has 3 rings (SSSR count). The van der Waals surface area contributed by atoms with Crippen LogP contribution in [0.3, 0.4) is 0 Å². The Morgan fingerprint density at radius 1 is 1.22 bits per heavy atom. The Morgan fingerprint density at radius 2 is 2.04 bits per heavy atom. The predicted octanol–water partition coefficient (Wildman–Crippen LogP) is 3.88. The number of thiazole rings is 1. The first-order valence-corrected chi connectivity index (χ1v) is 9.36. The topological polar surface area (TPSA) is 52.8 Å². The van der Waals surface area contributed by atoms with Gasteiger partial charge in [-0.25, -0.2) is 0 Å². The first kappa shape index (κ1) is 18.9. The zero-order chi connectivity index (χ0) is 19.4. The van der Waals surface area contributed by atoms with Crippen LogP contribution in [0.4, 0.5) is 0 Å². The molecule has 0 aliphatic carbocycles. The van der Waals surface area contributed by atoms with Crippen molar-refractivity contribution < 1.29 is 14.3 Å². The summed E-state index contributed by atoms with van der Waals surface area (Å²) < 4.78 is 13.7. The Balaban J connectivity index is 1.98. The molecule has 0 radical (unpaired) electrons. The van der Waals surface area contributed by atoms with E-state index in [1.165, 1.54) is 16.9 Å². The Kier molecular flexibility index (Phi) is 5.76. The fourth-order valence-electron chi connectivity index (χ4n) is 2.88. The van der Waals surface area contributed by atoms with Crippen molar-refractivity contribution >= 4 is 27.5 Å². The molecule has 0 N–H and O–H groups in total. The maximum Gasteiger partial charge on any atom is 0.252 e. The lowest BCUT2D eigenvalue weighted by Crippen LogP contribution is -2.17. The summed E-state index contributed by atoms with van der Waals surface area (Å²) in [5.74, 6) is 1.08. The number of aromatic nitrogens is 1. The van der Waals surface area contributed by atoms with Gasteiger partial charge >= 0.3 is 0 Å². The summed E-state index contributed by atoms with van der Waals surface area (Å²) in [6, 6.07) is 11.6. The van der Waals surface area contributed by atoms with Crippen LogP contribution in [-0.2, 0) is 17.8 Å². The lowest BCUT2D eigenvalue weighted by atomic mass is 10.1. The van der Waals surface area contributed by atoms with E-state index in [1.807, 2.05) is 22.8 Å². The van der Waals surface area contributed by atoms with Crippen molar-refractivity contribution in [2.75, 3.05) is 14.2 Å². The standard InChI is InChI=1S/C21H22N2O3S/c1-5-10-23-17-9-6-14(2)11-19(17)27-21(23)22-20(24)12-15-7-8-16(25-3)13-18(15)26-4/h5-9,11,13H,1,10,12H2,2-4H3. The molecule has 0 spiro atoms. The fraction of sp³-hybridized carbons (Fsp3) is 0.238. The summed E-state index contributed by atoms with van der Waals surface area (Å²) in [4.78, 5) is 17.7. The highest BCUT2D eigenvalue weighted by molar-refractivity contribution is 7.16. The third-order valence-electron chi connectivity index (χ3n) is 4.21. The average Bonchev–Trinajstić information content (AvgIpc) is 2.98. The molecule has 27 heavy (non-hydrogen) atoms. The predicted molar refractivity (Wildman–Crippen MR) is 109 cm³/mol. The summed E-state index contributed by atoms with van der Waals surface area (Å²) in [6.07, 6.45) is 1.97. The van der Waals surface area contributed by atoms with Crippen LogP contribution >= 0.6 is 11.3 Å². The number of nitrogens with zero attached hydrogens (tertiary/aromatic N) is 2. The van der Waals surface area contributed by atoms with Gasteiger partial charge in [-0.1, -0.05) is 29.5 Å². The molecule has 0 aliphatic rings. The summed E-state index contributed by atoms with van der Waals surface area (Å²) >= 11 is 1.51. The smallest absolute Gasteiger partial charge is 0.252 e. The number of carbonyl (C=O) groups excluding carboxylic acids is 1. The highest BCUT2D eigenvalue weighted by Crippen LogP contribution is 2.25. The SMILES string of the molecule is C=CCn1c(=NC(=O)Cc2ccc(OC)cc2OC)sc2cc(C)ccc21. The van der Waals surface area contributed by atoms with Gasteiger partial charge in [0.2, 0.25) is 0 Å². The van der Waals surface area contributed by atoms with Gasteiger partial charge in [-0.3, -0.25) is 4.79 Å². The Labute approximate surface area is 162 Å². The number of hydrogen-bond acceptors (Lipinski definition) is 4. The van der Waals surface area contributed by atoms with Gasteiger partial charge in [0.15, 0.2) is 4.80 Å². The van der Waals surface area contributed by atoms with Crippen LogP contribution in [0, 0.1) is 6.92 Å². The van der Waals surface area contributed by atoms with Gasteiger partial charge in [0, 0.05) is 18.2 Å². The second-order valence-electron chi connectivity index (χ2n) is 6.12. The minimum atomic E-state index is -0.223. The maximum absolute atomic E-state index is 12.6. The van der Waals surface area contributed by atoms with E-state index in [9.17, 15) is 4.79 Å². The quantitative estimate of drug-likeness (QED) is 0.608. The molecule has 1 heterocycles. The first-order valence-electron chi connectivity index (χ1n) is 8.55. The van der Waals surface area contributed by atoms with Crippen LogP contribution in [0.15, 0.2) is 54.0 Å². The molecular weight excluding hydrogens is 360 g/mol. The number of hydrogen-bond donors (Lipinski definition) is 0. The van der Waals surface area contributed by atoms with E-state index < -0.39 is 0 Å². The van der Waals surface area contributed by atoms with Gasteiger partial charge in [-0.2, -0.15) is 4.99 Å². The number of methoxy groups -OCH3 is 2. The molecule has 5 nitrogen and oxygen atoms in total. The van der Waals surface area contributed by atoms with Gasteiger partial charge in [-0.05, 0) is 30.7 Å². The van der Waals surface area contributed by atoms with E-state index in [2.05, 4.69) is 36.7 Å². The summed E-state index contributed by atoms with van der Waals surface area (Å²) in [5.41, 5.74) is 3.01. The monoisotopic (exact) mass is 382 g/mol. The van der Waals surface area contributed by atoms with E-state index in [-0.39, 0.29) is 12.3 Å². The van der Waals surface area contributed by atoms with Crippen molar-refractivity contribution in [1.29, 1.82) is 0 Å². The number of amides is 1. The Hall–Kier alpha value is -2.86. The van der Waals surface area contributed by atoms with Gasteiger partial charge in [0.1, 0.15) is 11.5 Å². The van der Waals surface area contributed by atoms with E-state index in [1.54, 1.807) is 20.3 Å². The van der Waals surface area contributed by atoms with Crippen molar-refractivity contribution in [3.05, 3.63) is 65.0 Å². The molecule has 0 saturated carbocycles. The Bertz CT molecular complexity index is 1060. The number of fused-ring (bicyclic) bond motifs is 1. The average molecular weight is 382 g/mol. The Morgan fingerprint density at radius 3 is 2.74 bits per heavy atom. The zero-order valence-electron chi connectivity index (χ0n) is 15.7. The van der Waals surface area contributed by atoms with Crippen LogP contribution in [0.1, 0.15) is 11.1 Å². The second kappa shape index (κ2) is 8.22. The fourth-order valence-corrected chi connectivity index (χ4v) is 4.03. The van der Waals surface area contributed by atoms with Crippen LogP contribution in [0.25, 0.3) is 10.2 Å². The molecule has 0 saturated heterocycles. The van der Waals surface area contributed by atoms with Gasteiger partial charge in [-0.15, -0.1) is 6.58 Å². The number of ether oxygens (including phenoxy) is 2. The van der Waals surface area contributed by atoms with Crippen molar-refractivity contribution in [2.45, 2.75) is 19.9 Å². The lowest BCUT2D eigenvalue weighted by molar-refractivity contribution is -0.117. The summed E-state index contributed by atoms with van der Waals surface area (Å²) in [6.45, 7) is 6.46. The molecule has 0 aliphatic heterocycles. The van der Waals surface area contributed by atoms with E-state index >= 15 is 0 Å². The van der Waals surface area contributed by atoms with Crippen molar-refractivity contribution in [3.8, 4) is 11.5 Å². The first-order chi connectivity index (χ1) is 13.0. The van der Waals surface area contributed by atoms with E-state index in [4.69, 9.17) is 9.47 Å². The van der Waals surface area contributed by atoms with Crippen LogP contribution in [0.2, 0.25) is 0 Å². The molecule has 0 bridgehead atoms. The molecule has 1 amide bonds. The number of allylic oxidation sites excluding steroid dienone is 1. The maximum atomic E-state index is 12.6. The van der Waals surface area contributed by atoms with Gasteiger partial charge < -0.3 is 14.0 Å². The molecule has 0 unspecified atom stereocenters. The summed E-state index contributed by atoms with van der Waals surface area (Å²) in [5, 5.41) is 0. The van der Waals surface area contributed by atoms with Crippen LogP contribution < -0.4 is 14.3 Å². The molecule has 0 fully saturated rings. The number of aryl methyl sites for hydroxylation is 1. The van der Waals surface area contributed by atoms with Gasteiger partial charge in [0.05, 0.1) is 30.9 Å². The number of carbonyl (C=O) groups is 1. The third-order valence-corrected chi connectivity index (χ3v) is 5.25. The van der Waals surface area contributed by atoms with Gasteiger partial charge in [0.25, 0.3) is 5.91 Å². The van der Waals surface area contributed by atoms with Crippen molar-refractivity contribution in [3.63, 3.8) is 0 Å².